The normalized spacial score (nSPS) is 10.7. The third-order valence-electron chi connectivity index (χ3n) is 3.38. The van der Waals surface area contributed by atoms with Crippen LogP contribution < -0.4 is 10.6 Å². The summed E-state index contributed by atoms with van der Waals surface area (Å²) in [5.74, 6) is -0.0683. The van der Waals surface area contributed by atoms with Crippen molar-refractivity contribution in [2.45, 2.75) is 13.1 Å². The number of nitrogens with one attached hydrogen (secondary N) is 3. The second kappa shape index (κ2) is 5.70. The van der Waals surface area contributed by atoms with Crippen LogP contribution in [0, 0.1) is 0 Å². The zero-order chi connectivity index (χ0) is 14.7. The molecule has 0 aliphatic carbocycles. The predicted molar refractivity (Wildman–Crippen MR) is 81.9 cm³/mol. The molecule has 0 radical (unpaired) electrons. The Kier molecular flexibility index (Phi) is 3.59. The van der Waals surface area contributed by atoms with Crippen LogP contribution >= 0.6 is 0 Å². The van der Waals surface area contributed by atoms with Crippen molar-refractivity contribution in [2.24, 2.45) is 0 Å². The molecular weight excluding hydrogens is 266 g/mol. The summed E-state index contributed by atoms with van der Waals surface area (Å²) in [5.41, 5.74) is 3.22. The smallest absolute Gasteiger partial charge is 0.241 e. The molecule has 3 N–H and O–H groups in total. The van der Waals surface area contributed by atoms with Crippen LogP contribution in [0.5, 0.6) is 0 Å². The van der Waals surface area contributed by atoms with Crippen molar-refractivity contribution in [3.8, 4) is 0 Å². The topological polar surface area (TPSA) is 74.7 Å². The number of fused-ring (bicyclic) bond motifs is 1. The van der Waals surface area contributed by atoms with Crippen LogP contribution in [-0.2, 0) is 17.9 Å². The molecule has 0 saturated heterocycles. The quantitative estimate of drug-likeness (QED) is 0.667. The molecular formula is C15H17N5O. The monoisotopic (exact) mass is 283 g/mol. The molecule has 0 spiro atoms. The highest BCUT2D eigenvalue weighted by atomic mass is 16.1. The van der Waals surface area contributed by atoms with E-state index in [1.54, 1.807) is 17.9 Å². The molecule has 0 fully saturated rings. The summed E-state index contributed by atoms with van der Waals surface area (Å²) in [5, 5.41) is 11.3. The number of hydrogen-bond acceptors (Lipinski definition) is 3. The van der Waals surface area contributed by atoms with Crippen LogP contribution in [0.4, 0.5) is 5.69 Å². The summed E-state index contributed by atoms with van der Waals surface area (Å²) in [4.78, 5) is 14.5. The van der Waals surface area contributed by atoms with Gasteiger partial charge in [-0.3, -0.25) is 9.48 Å². The molecule has 21 heavy (non-hydrogen) atoms. The van der Waals surface area contributed by atoms with Gasteiger partial charge < -0.3 is 15.6 Å². The zero-order valence-electron chi connectivity index (χ0n) is 11.8. The minimum atomic E-state index is -0.0683. The number of benzene rings is 1. The van der Waals surface area contributed by atoms with E-state index in [1.165, 1.54) is 10.9 Å². The Balaban J connectivity index is 1.66. The maximum absolute atomic E-state index is 11.3. The first-order valence-electron chi connectivity index (χ1n) is 6.78. The fraction of sp³-hybridized carbons (Fsp3) is 0.200. The fourth-order valence-electron chi connectivity index (χ4n) is 2.24. The minimum absolute atomic E-state index is 0.0683. The molecule has 0 aliphatic rings. The van der Waals surface area contributed by atoms with E-state index in [1.807, 2.05) is 24.5 Å². The number of rotatable bonds is 5. The van der Waals surface area contributed by atoms with Gasteiger partial charge in [0.25, 0.3) is 0 Å². The number of aromatic amines is 1. The van der Waals surface area contributed by atoms with Gasteiger partial charge in [-0.15, -0.1) is 0 Å². The van der Waals surface area contributed by atoms with Crippen LogP contribution in [0.15, 0.2) is 42.9 Å². The standard InChI is InChI=1S/C15H17N5O/c1-16-15(21)10-20-9-12(8-19-20)17-6-11-7-18-14-5-3-2-4-13(11)14/h2-5,7-9,17-18H,6,10H2,1H3,(H,16,21). The van der Waals surface area contributed by atoms with E-state index in [9.17, 15) is 4.79 Å². The average molecular weight is 283 g/mol. The van der Waals surface area contributed by atoms with Crippen LogP contribution in [0.1, 0.15) is 5.56 Å². The summed E-state index contributed by atoms with van der Waals surface area (Å²) >= 11 is 0. The maximum Gasteiger partial charge on any atom is 0.241 e. The van der Waals surface area contributed by atoms with E-state index < -0.39 is 0 Å². The lowest BCUT2D eigenvalue weighted by Crippen LogP contribution is -2.23. The molecule has 6 nitrogen and oxygen atoms in total. The van der Waals surface area contributed by atoms with Gasteiger partial charge in [0, 0.05) is 36.9 Å². The molecule has 0 bridgehead atoms. The Morgan fingerprint density at radius 3 is 3.10 bits per heavy atom. The molecule has 2 heterocycles. The first-order valence-corrected chi connectivity index (χ1v) is 6.78. The zero-order valence-corrected chi connectivity index (χ0v) is 11.8. The molecule has 0 saturated carbocycles. The molecule has 1 amide bonds. The van der Waals surface area contributed by atoms with Crippen molar-refractivity contribution in [1.29, 1.82) is 0 Å². The van der Waals surface area contributed by atoms with Gasteiger partial charge in [0.2, 0.25) is 5.91 Å². The van der Waals surface area contributed by atoms with Gasteiger partial charge in [-0.1, -0.05) is 18.2 Å². The van der Waals surface area contributed by atoms with Crippen LogP contribution in [0.25, 0.3) is 10.9 Å². The number of carbonyl (C=O) groups is 1. The lowest BCUT2D eigenvalue weighted by molar-refractivity contribution is -0.121. The number of aromatic nitrogens is 3. The van der Waals surface area contributed by atoms with Crippen LogP contribution in [0.3, 0.4) is 0 Å². The lowest BCUT2D eigenvalue weighted by atomic mass is 10.2. The number of likely N-dealkylation sites (N-methyl/N-ethyl adjacent to an activating group) is 1. The predicted octanol–water partition coefficient (Wildman–Crippen LogP) is 1.72. The fourth-order valence-corrected chi connectivity index (χ4v) is 2.24. The number of nitrogens with zero attached hydrogens (tertiary/aromatic N) is 2. The van der Waals surface area contributed by atoms with Crippen molar-refractivity contribution >= 4 is 22.5 Å². The van der Waals surface area contributed by atoms with Gasteiger partial charge in [-0.2, -0.15) is 5.10 Å². The van der Waals surface area contributed by atoms with Gasteiger partial charge in [-0.25, -0.2) is 0 Å². The first-order chi connectivity index (χ1) is 10.3. The van der Waals surface area contributed by atoms with Crippen molar-refractivity contribution in [3.63, 3.8) is 0 Å². The molecule has 3 rings (SSSR count). The van der Waals surface area contributed by atoms with Crippen molar-refractivity contribution in [1.82, 2.24) is 20.1 Å². The van der Waals surface area contributed by atoms with Crippen LogP contribution in [0.2, 0.25) is 0 Å². The number of amides is 1. The van der Waals surface area contributed by atoms with Crippen molar-refractivity contribution in [3.05, 3.63) is 48.4 Å². The van der Waals surface area contributed by atoms with E-state index in [0.717, 1.165) is 11.2 Å². The van der Waals surface area contributed by atoms with Gasteiger partial charge in [0.1, 0.15) is 6.54 Å². The molecule has 3 aromatic rings. The third kappa shape index (κ3) is 2.89. The van der Waals surface area contributed by atoms with Gasteiger partial charge in [0.05, 0.1) is 11.9 Å². The summed E-state index contributed by atoms with van der Waals surface area (Å²) < 4.78 is 1.61. The molecule has 0 aliphatic heterocycles. The highest BCUT2D eigenvalue weighted by Crippen LogP contribution is 2.18. The summed E-state index contributed by atoms with van der Waals surface area (Å²) in [7, 11) is 1.61. The second-order valence-corrected chi connectivity index (χ2v) is 4.81. The van der Waals surface area contributed by atoms with E-state index in [2.05, 4.69) is 32.8 Å². The number of hydrogen-bond donors (Lipinski definition) is 3. The lowest BCUT2D eigenvalue weighted by Gasteiger charge is -2.02. The molecule has 2 aromatic heterocycles. The number of carbonyl (C=O) groups excluding carboxylic acids is 1. The van der Waals surface area contributed by atoms with E-state index in [-0.39, 0.29) is 12.5 Å². The summed E-state index contributed by atoms with van der Waals surface area (Å²) in [6.07, 6.45) is 5.55. The minimum Gasteiger partial charge on any atom is -0.378 e. The second-order valence-electron chi connectivity index (χ2n) is 4.81. The van der Waals surface area contributed by atoms with E-state index in [0.29, 0.717) is 6.54 Å². The van der Waals surface area contributed by atoms with Gasteiger partial charge in [0.15, 0.2) is 0 Å². The highest BCUT2D eigenvalue weighted by Gasteiger charge is 2.05. The Bertz CT molecular complexity index is 758. The van der Waals surface area contributed by atoms with Gasteiger partial charge >= 0.3 is 0 Å². The van der Waals surface area contributed by atoms with Crippen molar-refractivity contribution in [2.75, 3.05) is 12.4 Å². The summed E-state index contributed by atoms with van der Waals surface area (Å²) in [6, 6.07) is 8.19. The molecule has 6 heteroatoms. The Morgan fingerprint density at radius 2 is 2.24 bits per heavy atom. The van der Waals surface area contributed by atoms with Crippen molar-refractivity contribution < 1.29 is 4.79 Å². The maximum atomic E-state index is 11.3. The Morgan fingerprint density at radius 1 is 1.38 bits per heavy atom. The summed E-state index contributed by atoms with van der Waals surface area (Å²) in [6.45, 7) is 0.931. The largest absolute Gasteiger partial charge is 0.378 e. The van der Waals surface area contributed by atoms with Crippen LogP contribution in [-0.4, -0.2) is 27.7 Å². The number of H-pyrrole nitrogens is 1. The SMILES string of the molecule is CNC(=O)Cn1cc(NCc2c[nH]c3ccccc23)cn1. The number of anilines is 1. The number of para-hydroxylation sites is 1. The molecule has 108 valence electrons. The average Bonchev–Trinajstić information content (AvgIpc) is 3.11. The van der Waals surface area contributed by atoms with Gasteiger partial charge in [-0.05, 0) is 11.6 Å². The Labute approximate surface area is 122 Å². The molecule has 1 aromatic carbocycles. The molecule has 0 atom stereocenters. The Hall–Kier alpha value is -2.76. The van der Waals surface area contributed by atoms with E-state index >= 15 is 0 Å². The first kappa shape index (κ1) is 13.2. The third-order valence-corrected chi connectivity index (χ3v) is 3.38. The molecule has 0 unspecified atom stereocenters. The highest BCUT2D eigenvalue weighted by molar-refractivity contribution is 5.83. The van der Waals surface area contributed by atoms with E-state index in [4.69, 9.17) is 0 Å².